The Kier molecular flexibility index (Phi) is 3.43. The van der Waals surface area contributed by atoms with Crippen LogP contribution in [-0.4, -0.2) is 30.2 Å². The zero-order valence-electron chi connectivity index (χ0n) is 9.39. The molecule has 1 aliphatic rings. The second-order valence-corrected chi connectivity index (χ2v) is 3.90. The summed E-state index contributed by atoms with van der Waals surface area (Å²) in [4.78, 5) is 15.1. The van der Waals surface area contributed by atoms with Crippen LogP contribution in [0.5, 0.6) is 5.88 Å². The number of anilines is 1. The molecule has 92 valence electrons. The fourth-order valence-corrected chi connectivity index (χ4v) is 1.69. The zero-order chi connectivity index (χ0) is 12.3. The first kappa shape index (κ1) is 11.7. The quantitative estimate of drug-likeness (QED) is 0.788. The fourth-order valence-electron chi connectivity index (χ4n) is 1.69. The molecule has 1 aromatic rings. The van der Waals surface area contributed by atoms with Crippen LogP contribution in [0.2, 0.25) is 0 Å². The first-order valence-corrected chi connectivity index (χ1v) is 5.46. The van der Waals surface area contributed by atoms with Gasteiger partial charge in [-0.3, -0.25) is 4.79 Å². The van der Waals surface area contributed by atoms with Gasteiger partial charge in [0, 0.05) is 18.9 Å². The third-order valence-corrected chi connectivity index (χ3v) is 2.63. The van der Waals surface area contributed by atoms with Gasteiger partial charge in [-0.25, -0.2) is 4.98 Å². The largest absolute Gasteiger partial charge is 0.474 e. The van der Waals surface area contributed by atoms with Crippen molar-refractivity contribution in [1.29, 1.82) is 0 Å². The number of nitrogens with two attached hydrogens (primary N) is 2. The monoisotopic (exact) mass is 237 g/mol. The number of nitrogens with zero attached hydrogens (tertiary/aromatic N) is 1. The van der Waals surface area contributed by atoms with E-state index in [-0.39, 0.29) is 17.4 Å². The summed E-state index contributed by atoms with van der Waals surface area (Å²) in [6.07, 6.45) is 3.09. The van der Waals surface area contributed by atoms with Gasteiger partial charge in [-0.05, 0) is 0 Å². The van der Waals surface area contributed by atoms with E-state index in [1.54, 1.807) is 0 Å². The Bertz CT molecular complexity index is 416. The Morgan fingerprint density at radius 1 is 1.47 bits per heavy atom. The van der Waals surface area contributed by atoms with Crippen LogP contribution in [0.25, 0.3) is 0 Å². The number of ether oxygens (including phenoxy) is 2. The molecular formula is C11H15N3O3. The van der Waals surface area contributed by atoms with Crippen molar-refractivity contribution in [3.63, 3.8) is 0 Å². The highest BCUT2D eigenvalue weighted by molar-refractivity contribution is 5.97. The van der Waals surface area contributed by atoms with Crippen molar-refractivity contribution in [2.24, 2.45) is 5.73 Å². The molecule has 1 aromatic heterocycles. The molecule has 0 spiro atoms. The average molecular weight is 237 g/mol. The van der Waals surface area contributed by atoms with E-state index in [9.17, 15) is 4.79 Å². The van der Waals surface area contributed by atoms with E-state index in [1.807, 2.05) is 0 Å². The van der Waals surface area contributed by atoms with Crippen molar-refractivity contribution in [1.82, 2.24) is 4.98 Å². The minimum atomic E-state index is -0.582. The number of hydrogen-bond donors (Lipinski definition) is 2. The molecule has 1 aliphatic heterocycles. The lowest BCUT2D eigenvalue weighted by Gasteiger charge is -2.22. The number of primary amides is 1. The van der Waals surface area contributed by atoms with Crippen LogP contribution < -0.4 is 16.2 Å². The van der Waals surface area contributed by atoms with Crippen LogP contribution in [0.15, 0.2) is 12.3 Å². The third kappa shape index (κ3) is 2.85. The van der Waals surface area contributed by atoms with E-state index in [2.05, 4.69) is 4.98 Å². The predicted octanol–water partition coefficient (Wildman–Crippen LogP) is 0.320. The van der Waals surface area contributed by atoms with Gasteiger partial charge in [-0.15, -0.1) is 0 Å². The molecule has 0 aliphatic carbocycles. The normalized spacial score (nSPS) is 16.7. The number of pyridine rings is 1. The molecule has 0 radical (unpaired) electrons. The molecule has 0 atom stereocenters. The van der Waals surface area contributed by atoms with Gasteiger partial charge in [-0.2, -0.15) is 0 Å². The van der Waals surface area contributed by atoms with Gasteiger partial charge in [0.2, 0.25) is 5.88 Å². The minimum absolute atomic E-state index is 0.0700. The maximum absolute atomic E-state index is 11.1. The summed E-state index contributed by atoms with van der Waals surface area (Å²) in [7, 11) is 0. The van der Waals surface area contributed by atoms with Gasteiger partial charge < -0.3 is 20.9 Å². The summed E-state index contributed by atoms with van der Waals surface area (Å²) in [6.45, 7) is 1.37. The van der Waals surface area contributed by atoms with Gasteiger partial charge in [0.05, 0.1) is 30.7 Å². The predicted molar refractivity (Wildman–Crippen MR) is 61.6 cm³/mol. The first-order chi connectivity index (χ1) is 8.16. The van der Waals surface area contributed by atoms with E-state index in [0.29, 0.717) is 19.1 Å². The number of nitrogen functional groups attached to an aromatic ring is 1. The van der Waals surface area contributed by atoms with Crippen LogP contribution in [0.3, 0.4) is 0 Å². The van der Waals surface area contributed by atoms with E-state index < -0.39 is 5.91 Å². The average Bonchev–Trinajstić information content (AvgIpc) is 2.32. The summed E-state index contributed by atoms with van der Waals surface area (Å²) in [6, 6.07) is 1.48. The topological polar surface area (TPSA) is 100 Å². The molecular weight excluding hydrogens is 222 g/mol. The molecule has 17 heavy (non-hydrogen) atoms. The molecule has 6 heteroatoms. The van der Waals surface area contributed by atoms with E-state index in [0.717, 1.165) is 12.8 Å². The van der Waals surface area contributed by atoms with Crippen LogP contribution >= 0.6 is 0 Å². The lowest BCUT2D eigenvalue weighted by atomic mass is 10.1. The molecule has 0 bridgehead atoms. The minimum Gasteiger partial charge on any atom is -0.474 e. The Balaban J connectivity index is 2.10. The Morgan fingerprint density at radius 3 is 2.82 bits per heavy atom. The molecule has 0 unspecified atom stereocenters. The highest BCUT2D eigenvalue weighted by Crippen LogP contribution is 2.19. The SMILES string of the molecule is NC(=O)c1cc(OC2CCOCC2)ncc1N. The van der Waals surface area contributed by atoms with Crippen molar-refractivity contribution >= 4 is 11.6 Å². The van der Waals surface area contributed by atoms with Crippen molar-refractivity contribution in [2.45, 2.75) is 18.9 Å². The molecule has 1 saturated heterocycles. The molecule has 1 amide bonds. The second kappa shape index (κ2) is 5.01. The summed E-state index contributed by atoms with van der Waals surface area (Å²) >= 11 is 0. The lowest BCUT2D eigenvalue weighted by Crippen LogP contribution is -2.26. The molecule has 0 aromatic carbocycles. The first-order valence-electron chi connectivity index (χ1n) is 5.46. The zero-order valence-corrected chi connectivity index (χ0v) is 9.39. The van der Waals surface area contributed by atoms with Crippen molar-refractivity contribution < 1.29 is 14.3 Å². The number of carbonyl (C=O) groups excluding carboxylic acids is 1. The standard InChI is InChI=1S/C11H15N3O3/c12-9-6-14-10(5-8(9)11(13)15)17-7-1-3-16-4-2-7/h5-7H,1-4,12H2,(H2,13,15). The molecule has 2 heterocycles. The van der Waals surface area contributed by atoms with Crippen molar-refractivity contribution in [3.05, 3.63) is 17.8 Å². The lowest BCUT2D eigenvalue weighted by molar-refractivity contribution is 0.0237. The Hall–Kier alpha value is -1.82. The number of amides is 1. The second-order valence-electron chi connectivity index (χ2n) is 3.90. The fraction of sp³-hybridized carbons (Fsp3) is 0.455. The maximum atomic E-state index is 11.1. The van der Waals surface area contributed by atoms with E-state index in [4.69, 9.17) is 20.9 Å². The molecule has 0 saturated carbocycles. The van der Waals surface area contributed by atoms with Gasteiger partial charge in [0.1, 0.15) is 6.10 Å². The van der Waals surface area contributed by atoms with E-state index >= 15 is 0 Å². The summed E-state index contributed by atoms with van der Waals surface area (Å²) in [5, 5.41) is 0. The number of aromatic nitrogens is 1. The number of rotatable bonds is 3. The van der Waals surface area contributed by atoms with Crippen LogP contribution in [0.4, 0.5) is 5.69 Å². The third-order valence-electron chi connectivity index (χ3n) is 2.63. The van der Waals surface area contributed by atoms with Crippen LogP contribution in [0.1, 0.15) is 23.2 Å². The molecule has 6 nitrogen and oxygen atoms in total. The summed E-state index contributed by atoms with van der Waals surface area (Å²) in [5.41, 5.74) is 11.3. The van der Waals surface area contributed by atoms with Gasteiger partial charge in [0.15, 0.2) is 0 Å². The number of hydrogen-bond acceptors (Lipinski definition) is 5. The Labute approximate surface area is 98.9 Å². The molecule has 2 rings (SSSR count). The molecule has 4 N–H and O–H groups in total. The van der Waals surface area contributed by atoms with Gasteiger partial charge in [-0.1, -0.05) is 0 Å². The maximum Gasteiger partial charge on any atom is 0.251 e. The smallest absolute Gasteiger partial charge is 0.251 e. The summed E-state index contributed by atoms with van der Waals surface area (Å²) in [5.74, 6) is -0.207. The highest BCUT2D eigenvalue weighted by Gasteiger charge is 2.17. The van der Waals surface area contributed by atoms with Crippen LogP contribution in [0, 0.1) is 0 Å². The van der Waals surface area contributed by atoms with Crippen molar-refractivity contribution in [3.8, 4) is 5.88 Å². The number of carbonyl (C=O) groups is 1. The highest BCUT2D eigenvalue weighted by atomic mass is 16.5. The summed E-state index contributed by atoms with van der Waals surface area (Å²) < 4.78 is 10.9. The molecule has 1 fully saturated rings. The van der Waals surface area contributed by atoms with E-state index in [1.165, 1.54) is 12.3 Å². The van der Waals surface area contributed by atoms with Gasteiger partial charge in [0.25, 0.3) is 5.91 Å². The Morgan fingerprint density at radius 2 is 2.18 bits per heavy atom. The van der Waals surface area contributed by atoms with Crippen molar-refractivity contribution in [2.75, 3.05) is 18.9 Å². The van der Waals surface area contributed by atoms with Gasteiger partial charge >= 0.3 is 0 Å². The van der Waals surface area contributed by atoms with Crippen LogP contribution in [-0.2, 0) is 4.74 Å².